The Morgan fingerprint density at radius 3 is 0.966 bits per heavy atom. The second-order valence-corrected chi connectivity index (χ2v) is 26.9. The highest BCUT2D eigenvalue weighted by Crippen LogP contribution is 2.19. The number of unbranched alkanes of at least 4 members (excludes halogenated alkanes) is 44. The number of aliphatic carboxylic acids is 1. The molecule has 9 nitrogen and oxygen atoms in total. The van der Waals surface area contributed by atoms with Gasteiger partial charge < -0.3 is 33.3 Å². The highest BCUT2D eigenvalue weighted by molar-refractivity contribution is 5.70. The van der Waals surface area contributed by atoms with Crippen LogP contribution in [0.15, 0.2) is 72.9 Å². The first kappa shape index (κ1) is 85.7. The van der Waals surface area contributed by atoms with E-state index in [9.17, 15) is 19.5 Å². The number of carbonyl (C=O) groups excluding carboxylic acids is 3. The minimum atomic E-state index is -1.63. The van der Waals surface area contributed by atoms with Crippen LogP contribution in [0.1, 0.15) is 361 Å². The van der Waals surface area contributed by atoms with Gasteiger partial charge in [-0.25, -0.2) is 0 Å². The van der Waals surface area contributed by atoms with Gasteiger partial charge in [0.05, 0.1) is 40.3 Å². The number of likely N-dealkylation sites (N-methyl/N-ethyl adjacent to an activating group) is 1. The van der Waals surface area contributed by atoms with Gasteiger partial charge in [0.25, 0.3) is 0 Å². The molecule has 518 valence electrons. The number of hydrogen-bond acceptors (Lipinski definition) is 8. The van der Waals surface area contributed by atoms with E-state index >= 15 is 0 Å². The molecule has 0 fully saturated rings. The molecule has 0 aromatic rings. The molecule has 0 radical (unpaired) electrons. The van der Waals surface area contributed by atoms with Crippen molar-refractivity contribution in [1.29, 1.82) is 0 Å². The number of esters is 2. The van der Waals surface area contributed by atoms with Crippen LogP contribution in [0.2, 0.25) is 0 Å². The highest BCUT2D eigenvalue weighted by Gasteiger charge is 2.22. The maximum absolute atomic E-state index is 12.9. The molecule has 2 atom stereocenters. The topological polar surface area (TPSA) is 111 Å². The van der Waals surface area contributed by atoms with Gasteiger partial charge in [-0.05, 0) is 83.5 Å². The number of nitrogens with zero attached hydrogens (tertiary/aromatic N) is 1. The molecule has 9 heteroatoms. The molecule has 0 saturated heterocycles. The van der Waals surface area contributed by atoms with Crippen molar-refractivity contribution in [3.63, 3.8) is 0 Å². The number of hydrogen-bond donors (Lipinski definition) is 0. The molecule has 0 aliphatic heterocycles. The summed E-state index contributed by atoms with van der Waals surface area (Å²) in [6.45, 7) is 4.66. The minimum absolute atomic E-state index is 0.144. The summed E-state index contributed by atoms with van der Waals surface area (Å²) in [7, 11) is 5.93. The Hall–Kier alpha value is -3.27. The highest BCUT2D eigenvalue weighted by atomic mass is 16.7. The Kier molecular flexibility index (Phi) is 68.0. The Bertz CT molecular complexity index is 1690. The molecule has 0 aliphatic rings. The van der Waals surface area contributed by atoms with Gasteiger partial charge in [0, 0.05) is 12.8 Å². The summed E-state index contributed by atoms with van der Waals surface area (Å²) in [5.74, 6) is -2.28. The van der Waals surface area contributed by atoms with Gasteiger partial charge in [0.1, 0.15) is 13.2 Å². The van der Waals surface area contributed by atoms with E-state index in [4.69, 9.17) is 18.9 Å². The average molecular weight is 1250 g/mol. The third-order valence-corrected chi connectivity index (χ3v) is 16.9. The standard InChI is InChI=1S/C80H145NO8/c1-6-8-10-12-14-16-18-20-22-24-26-28-30-31-32-33-34-35-36-37-38-39-40-41-42-43-44-45-46-47-49-50-52-54-56-58-60-62-64-66-68-70-77(82)87-74-76(75-88-80(79(84)85)86-73-72-81(3,4)5)89-78(83)71-69-67-65-63-61-59-57-55-53-51-48-29-27-25-23-21-19-17-15-13-11-9-7-2/h9,11,15,17,21,23-24,26-27,29,51,53,76,80H,6-8,10,12-14,16,18-20,22,25,28,30-50,52,54-75H2,1-5H3/b11-9-,17-15-,23-21-,26-24-,29-27-,53-51-. The molecule has 0 aliphatic carbocycles. The van der Waals surface area contributed by atoms with Gasteiger partial charge in [-0.3, -0.25) is 9.59 Å². The molecule has 89 heavy (non-hydrogen) atoms. The molecule has 2 unspecified atom stereocenters. The number of carbonyl (C=O) groups is 3. The number of rotatable bonds is 71. The number of quaternary nitrogens is 1. The summed E-state index contributed by atoms with van der Waals surface area (Å²) in [5, 5.41) is 11.8. The lowest BCUT2D eigenvalue weighted by molar-refractivity contribution is -0.870. The van der Waals surface area contributed by atoms with Crippen LogP contribution in [0, 0.1) is 0 Å². The van der Waals surface area contributed by atoms with E-state index in [1.165, 1.54) is 250 Å². The van der Waals surface area contributed by atoms with E-state index in [-0.39, 0.29) is 32.2 Å². The summed E-state index contributed by atoms with van der Waals surface area (Å²) in [4.78, 5) is 37.5. The molecular weight excluding hydrogens is 1100 g/mol. The fourth-order valence-corrected chi connectivity index (χ4v) is 11.2. The predicted molar refractivity (Wildman–Crippen MR) is 380 cm³/mol. The van der Waals surface area contributed by atoms with Gasteiger partial charge in [-0.15, -0.1) is 0 Å². The minimum Gasteiger partial charge on any atom is -0.545 e. The quantitative estimate of drug-likeness (QED) is 0.0195. The molecule has 0 aromatic heterocycles. The summed E-state index contributed by atoms with van der Waals surface area (Å²) < 4.78 is 22.8. The van der Waals surface area contributed by atoms with Crippen molar-refractivity contribution in [2.75, 3.05) is 47.5 Å². The largest absolute Gasteiger partial charge is 0.545 e. The van der Waals surface area contributed by atoms with E-state index in [1.807, 2.05) is 21.1 Å². The molecule has 0 heterocycles. The van der Waals surface area contributed by atoms with Crippen molar-refractivity contribution in [1.82, 2.24) is 0 Å². The fraction of sp³-hybridized carbons (Fsp3) is 0.812. The lowest BCUT2D eigenvalue weighted by atomic mass is 10.0. The number of carboxylic acid groups (broad SMARTS) is 1. The van der Waals surface area contributed by atoms with Crippen molar-refractivity contribution in [3.05, 3.63) is 72.9 Å². The molecule has 0 amide bonds. The van der Waals surface area contributed by atoms with Crippen LogP contribution in [0.25, 0.3) is 0 Å². The number of carboxylic acids is 1. The average Bonchev–Trinajstić information content (AvgIpc) is 3.64. The second kappa shape index (κ2) is 70.6. The Labute approximate surface area is 551 Å². The Morgan fingerprint density at radius 2 is 0.640 bits per heavy atom. The van der Waals surface area contributed by atoms with Crippen LogP contribution >= 0.6 is 0 Å². The predicted octanol–water partition coefficient (Wildman–Crippen LogP) is 22.7. The molecule has 0 rings (SSSR count). The van der Waals surface area contributed by atoms with Gasteiger partial charge in [0.15, 0.2) is 12.4 Å². The normalized spacial score (nSPS) is 13.0. The third kappa shape index (κ3) is 72.0. The van der Waals surface area contributed by atoms with Crippen LogP contribution < -0.4 is 5.11 Å². The van der Waals surface area contributed by atoms with Crippen LogP contribution in [0.5, 0.6) is 0 Å². The van der Waals surface area contributed by atoms with Crippen molar-refractivity contribution in [2.45, 2.75) is 373 Å². The lowest BCUT2D eigenvalue weighted by Gasteiger charge is -2.26. The zero-order chi connectivity index (χ0) is 64.7. The van der Waals surface area contributed by atoms with E-state index in [2.05, 4.69) is 86.8 Å². The van der Waals surface area contributed by atoms with E-state index in [1.54, 1.807) is 0 Å². The van der Waals surface area contributed by atoms with Crippen molar-refractivity contribution >= 4 is 17.9 Å². The monoisotopic (exact) mass is 1250 g/mol. The summed E-state index contributed by atoms with van der Waals surface area (Å²) in [6.07, 6.45) is 91.7. The van der Waals surface area contributed by atoms with Gasteiger partial charge >= 0.3 is 11.9 Å². The second-order valence-electron chi connectivity index (χ2n) is 26.9. The van der Waals surface area contributed by atoms with Gasteiger partial charge in [-0.1, -0.05) is 337 Å². The lowest BCUT2D eigenvalue weighted by Crippen LogP contribution is -2.44. The SMILES string of the molecule is CC/C=C\C/C=C\C/C=C\C/C=C\C/C=C\CCCCCCCCCC(=O)OC(COC(=O)CCCCCCCCCCCCCCCCCCCCCCCCCCCCCCC/C=C\CCCCCCCCCC)COC(OCC[N+](C)(C)C)C(=O)[O-]. The fourth-order valence-electron chi connectivity index (χ4n) is 11.2. The van der Waals surface area contributed by atoms with Crippen LogP contribution in [-0.4, -0.2) is 82.3 Å². The maximum atomic E-state index is 12.9. The Balaban J connectivity index is 3.95. The van der Waals surface area contributed by atoms with Crippen molar-refractivity contribution in [2.24, 2.45) is 0 Å². The number of ether oxygens (including phenoxy) is 4. The zero-order valence-electron chi connectivity index (χ0n) is 59.3. The molecule has 0 N–H and O–H groups in total. The third-order valence-electron chi connectivity index (χ3n) is 16.9. The van der Waals surface area contributed by atoms with Gasteiger partial charge in [0.2, 0.25) is 0 Å². The number of allylic oxidation sites excluding steroid dienone is 12. The van der Waals surface area contributed by atoms with E-state index in [0.717, 1.165) is 77.0 Å². The first-order valence-corrected chi connectivity index (χ1v) is 38.1. The summed E-state index contributed by atoms with van der Waals surface area (Å²) >= 11 is 0. The zero-order valence-corrected chi connectivity index (χ0v) is 59.3. The summed E-state index contributed by atoms with van der Waals surface area (Å²) in [6, 6.07) is 0. The molecule has 0 saturated carbocycles. The van der Waals surface area contributed by atoms with Gasteiger partial charge in [-0.2, -0.15) is 0 Å². The van der Waals surface area contributed by atoms with Crippen molar-refractivity contribution in [3.8, 4) is 0 Å². The molecule has 0 spiro atoms. The maximum Gasteiger partial charge on any atom is 0.306 e. The Morgan fingerprint density at radius 1 is 0.348 bits per heavy atom. The van der Waals surface area contributed by atoms with E-state index in [0.29, 0.717) is 23.9 Å². The van der Waals surface area contributed by atoms with Crippen LogP contribution in [0.3, 0.4) is 0 Å². The summed E-state index contributed by atoms with van der Waals surface area (Å²) in [5.41, 5.74) is 0. The first-order chi connectivity index (χ1) is 43.6. The molecule has 0 bridgehead atoms. The van der Waals surface area contributed by atoms with Crippen molar-refractivity contribution < 1.29 is 42.9 Å². The first-order valence-electron chi connectivity index (χ1n) is 38.1. The molecular formula is C80H145NO8. The van der Waals surface area contributed by atoms with Crippen LogP contribution in [-0.2, 0) is 33.3 Å². The molecule has 0 aromatic carbocycles. The van der Waals surface area contributed by atoms with E-state index < -0.39 is 24.3 Å². The smallest absolute Gasteiger partial charge is 0.306 e. The van der Waals surface area contributed by atoms with Crippen LogP contribution in [0.4, 0.5) is 0 Å².